The van der Waals surface area contributed by atoms with Gasteiger partial charge in [0.1, 0.15) is 5.82 Å². The van der Waals surface area contributed by atoms with Crippen molar-refractivity contribution in [1.29, 1.82) is 0 Å². The summed E-state index contributed by atoms with van der Waals surface area (Å²) in [7, 11) is 0. The van der Waals surface area contributed by atoms with Gasteiger partial charge in [-0.2, -0.15) is 0 Å². The Morgan fingerprint density at radius 1 is 1.21 bits per heavy atom. The number of rotatable bonds is 2. The Balaban J connectivity index is 2.34. The third-order valence-electron chi connectivity index (χ3n) is 2.83. The predicted octanol–water partition coefficient (Wildman–Crippen LogP) is 4.35. The van der Waals surface area contributed by atoms with Crippen molar-refractivity contribution in [2.45, 2.75) is 13.8 Å². The SMILES string of the molecule is Cc1ccc(F)c(C(=O)Nc2c(C)cccc2Cl)c1. The highest BCUT2D eigenvalue weighted by Gasteiger charge is 2.14. The summed E-state index contributed by atoms with van der Waals surface area (Å²) in [6.07, 6.45) is 0. The maximum atomic E-state index is 13.6. The van der Waals surface area contributed by atoms with Crippen LogP contribution in [-0.2, 0) is 0 Å². The zero-order valence-corrected chi connectivity index (χ0v) is 11.4. The highest BCUT2D eigenvalue weighted by molar-refractivity contribution is 6.34. The zero-order valence-electron chi connectivity index (χ0n) is 10.6. The summed E-state index contributed by atoms with van der Waals surface area (Å²) in [6, 6.07) is 9.71. The van der Waals surface area contributed by atoms with Gasteiger partial charge in [-0.05, 0) is 37.6 Å². The molecule has 0 aliphatic rings. The van der Waals surface area contributed by atoms with Crippen molar-refractivity contribution < 1.29 is 9.18 Å². The summed E-state index contributed by atoms with van der Waals surface area (Å²) in [4.78, 5) is 12.1. The molecule has 0 saturated carbocycles. The van der Waals surface area contributed by atoms with Crippen molar-refractivity contribution >= 4 is 23.2 Å². The van der Waals surface area contributed by atoms with Gasteiger partial charge in [-0.15, -0.1) is 0 Å². The molecule has 0 atom stereocenters. The van der Waals surface area contributed by atoms with E-state index in [0.717, 1.165) is 11.1 Å². The Morgan fingerprint density at radius 2 is 1.95 bits per heavy atom. The molecule has 0 aliphatic heterocycles. The van der Waals surface area contributed by atoms with Gasteiger partial charge < -0.3 is 5.32 Å². The van der Waals surface area contributed by atoms with Gasteiger partial charge in [-0.1, -0.05) is 35.4 Å². The molecule has 0 bridgehead atoms. The van der Waals surface area contributed by atoms with E-state index in [1.807, 2.05) is 13.0 Å². The lowest BCUT2D eigenvalue weighted by molar-refractivity contribution is 0.102. The van der Waals surface area contributed by atoms with Gasteiger partial charge in [0.2, 0.25) is 0 Å². The number of aryl methyl sites for hydroxylation is 2. The summed E-state index contributed by atoms with van der Waals surface area (Å²) in [6.45, 7) is 3.63. The molecule has 1 N–H and O–H groups in total. The minimum absolute atomic E-state index is 0.0133. The second kappa shape index (κ2) is 5.41. The number of nitrogens with one attached hydrogen (secondary N) is 1. The van der Waals surface area contributed by atoms with E-state index in [1.54, 1.807) is 25.1 Å². The van der Waals surface area contributed by atoms with Crippen LogP contribution < -0.4 is 5.32 Å². The van der Waals surface area contributed by atoms with Crippen LogP contribution in [-0.4, -0.2) is 5.91 Å². The molecule has 98 valence electrons. The third kappa shape index (κ3) is 2.93. The van der Waals surface area contributed by atoms with E-state index in [0.29, 0.717) is 10.7 Å². The molecule has 2 nitrogen and oxygen atoms in total. The molecule has 19 heavy (non-hydrogen) atoms. The van der Waals surface area contributed by atoms with Gasteiger partial charge in [0.15, 0.2) is 0 Å². The van der Waals surface area contributed by atoms with Crippen molar-refractivity contribution in [3.8, 4) is 0 Å². The van der Waals surface area contributed by atoms with E-state index in [-0.39, 0.29) is 5.56 Å². The molecule has 0 fully saturated rings. The molecule has 4 heteroatoms. The number of carbonyl (C=O) groups excluding carboxylic acids is 1. The molecule has 1 amide bonds. The van der Waals surface area contributed by atoms with Crippen molar-refractivity contribution in [2.24, 2.45) is 0 Å². The van der Waals surface area contributed by atoms with Crippen LogP contribution in [0, 0.1) is 19.7 Å². The van der Waals surface area contributed by atoms with Crippen LogP contribution in [0.5, 0.6) is 0 Å². The van der Waals surface area contributed by atoms with Gasteiger partial charge in [-0.25, -0.2) is 4.39 Å². The minimum atomic E-state index is -0.548. The molecule has 0 saturated heterocycles. The van der Waals surface area contributed by atoms with E-state index < -0.39 is 11.7 Å². The fourth-order valence-electron chi connectivity index (χ4n) is 1.78. The van der Waals surface area contributed by atoms with E-state index in [4.69, 9.17) is 11.6 Å². The number of hydrogen-bond acceptors (Lipinski definition) is 1. The van der Waals surface area contributed by atoms with E-state index >= 15 is 0 Å². The number of amides is 1. The van der Waals surface area contributed by atoms with Crippen molar-refractivity contribution in [2.75, 3.05) is 5.32 Å². The van der Waals surface area contributed by atoms with Gasteiger partial charge in [-0.3, -0.25) is 4.79 Å². The summed E-state index contributed by atoms with van der Waals surface area (Å²) >= 11 is 6.02. The number of benzene rings is 2. The average molecular weight is 278 g/mol. The van der Waals surface area contributed by atoms with Crippen LogP contribution in [0.15, 0.2) is 36.4 Å². The summed E-state index contributed by atoms with van der Waals surface area (Å²) in [5, 5.41) is 3.08. The summed E-state index contributed by atoms with van der Waals surface area (Å²) in [5.41, 5.74) is 2.17. The molecule has 0 radical (unpaired) electrons. The lowest BCUT2D eigenvalue weighted by Crippen LogP contribution is -2.15. The quantitative estimate of drug-likeness (QED) is 0.869. The molecular formula is C15H13ClFNO. The Morgan fingerprint density at radius 3 is 2.63 bits per heavy atom. The first-order chi connectivity index (χ1) is 8.99. The maximum absolute atomic E-state index is 13.6. The lowest BCUT2D eigenvalue weighted by atomic mass is 10.1. The van der Waals surface area contributed by atoms with Crippen LogP contribution in [0.25, 0.3) is 0 Å². The van der Waals surface area contributed by atoms with Crippen LogP contribution in [0.2, 0.25) is 5.02 Å². The molecule has 0 heterocycles. The van der Waals surface area contributed by atoms with Crippen LogP contribution in [0.4, 0.5) is 10.1 Å². The van der Waals surface area contributed by atoms with Crippen molar-refractivity contribution in [3.63, 3.8) is 0 Å². The minimum Gasteiger partial charge on any atom is -0.320 e. The monoisotopic (exact) mass is 277 g/mol. The van der Waals surface area contributed by atoms with Gasteiger partial charge >= 0.3 is 0 Å². The second-order valence-corrected chi connectivity index (χ2v) is 4.78. The Labute approximate surface area is 116 Å². The van der Waals surface area contributed by atoms with Crippen molar-refractivity contribution in [1.82, 2.24) is 0 Å². The molecule has 0 aromatic heterocycles. The van der Waals surface area contributed by atoms with Crippen molar-refractivity contribution in [3.05, 3.63) is 63.9 Å². The molecule has 0 spiro atoms. The van der Waals surface area contributed by atoms with Gasteiger partial charge in [0.25, 0.3) is 5.91 Å². The molecule has 0 unspecified atom stereocenters. The topological polar surface area (TPSA) is 29.1 Å². The molecule has 2 aromatic rings. The summed E-state index contributed by atoms with van der Waals surface area (Å²) in [5.74, 6) is -1.05. The first-order valence-electron chi connectivity index (χ1n) is 5.81. The number of halogens is 2. The first-order valence-corrected chi connectivity index (χ1v) is 6.19. The summed E-state index contributed by atoms with van der Waals surface area (Å²) < 4.78 is 13.6. The van der Waals surface area contributed by atoms with E-state index in [1.165, 1.54) is 12.1 Å². The fourth-order valence-corrected chi connectivity index (χ4v) is 2.05. The molecular weight excluding hydrogens is 265 g/mol. The van der Waals surface area contributed by atoms with E-state index in [2.05, 4.69) is 5.32 Å². The van der Waals surface area contributed by atoms with Crippen LogP contribution in [0.3, 0.4) is 0 Å². The van der Waals surface area contributed by atoms with E-state index in [9.17, 15) is 9.18 Å². The highest BCUT2D eigenvalue weighted by Crippen LogP contribution is 2.26. The average Bonchev–Trinajstić information content (AvgIpc) is 2.37. The Hall–Kier alpha value is -1.87. The largest absolute Gasteiger partial charge is 0.320 e. The molecule has 2 aromatic carbocycles. The smallest absolute Gasteiger partial charge is 0.258 e. The molecule has 0 aliphatic carbocycles. The lowest BCUT2D eigenvalue weighted by Gasteiger charge is -2.11. The third-order valence-corrected chi connectivity index (χ3v) is 3.14. The van der Waals surface area contributed by atoms with Crippen LogP contribution in [0.1, 0.15) is 21.5 Å². The molecule has 2 rings (SSSR count). The second-order valence-electron chi connectivity index (χ2n) is 4.37. The Kier molecular flexibility index (Phi) is 3.86. The number of carbonyl (C=O) groups is 1. The van der Waals surface area contributed by atoms with Gasteiger partial charge in [0.05, 0.1) is 16.3 Å². The van der Waals surface area contributed by atoms with Crippen LogP contribution >= 0.6 is 11.6 Å². The normalized spacial score (nSPS) is 10.3. The fraction of sp³-hybridized carbons (Fsp3) is 0.133. The first kappa shape index (κ1) is 13.6. The predicted molar refractivity (Wildman–Crippen MR) is 75.3 cm³/mol. The number of anilines is 1. The zero-order chi connectivity index (χ0) is 14.0. The highest BCUT2D eigenvalue weighted by atomic mass is 35.5. The standard InChI is InChI=1S/C15H13ClFNO/c1-9-6-7-13(17)11(8-9)15(19)18-14-10(2)4-3-5-12(14)16/h3-8H,1-2H3,(H,18,19). The number of hydrogen-bond donors (Lipinski definition) is 1. The van der Waals surface area contributed by atoms with Gasteiger partial charge in [0, 0.05) is 0 Å². The maximum Gasteiger partial charge on any atom is 0.258 e. The number of para-hydroxylation sites is 1. The Bertz CT molecular complexity index is 620.